The number of nitrogens with zero attached hydrogens (tertiary/aromatic N) is 3. The Morgan fingerprint density at radius 1 is 0.960 bits per heavy atom. The fourth-order valence-corrected chi connectivity index (χ4v) is 3.73. The normalized spacial score (nSPS) is 10.5. The number of hydrogen-bond acceptors (Lipinski definition) is 3. The van der Waals surface area contributed by atoms with Gasteiger partial charge in [-0.05, 0) is 38.2 Å². The molecule has 0 saturated heterocycles. The van der Waals surface area contributed by atoms with E-state index in [0.29, 0.717) is 0 Å². The van der Waals surface area contributed by atoms with Crippen LogP contribution in [-0.4, -0.2) is 40.8 Å². The summed E-state index contributed by atoms with van der Waals surface area (Å²) in [5.41, 5.74) is 3.69. The smallest absolute Gasteiger partial charge is 0.169 e. The highest BCUT2D eigenvalue weighted by molar-refractivity contribution is 7.99. The Morgan fingerprint density at radius 2 is 1.64 bits per heavy atom. The first-order valence-electron chi connectivity index (χ1n) is 8.01. The van der Waals surface area contributed by atoms with Crippen LogP contribution in [0.4, 0.5) is 0 Å². The van der Waals surface area contributed by atoms with Crippen LogP contribution in [0.5, 0.6) is 0 Å². The van der Waals surface area contributed by atoms with E-state index in [4.69, 9.17) is 4.98 Å². The van der Waals surface area contributed by atoms with Crippen LogP contribution in [0.3, 0.4) is 0 Å². The van der Waals surface area contributed by atoms with Crippen molar-refractivity contribution in [3.05, 3.63) is 60.2 Å². The Hall–Kier alpha value is -1.20. The maximum atomic E-state index is 4.83. The molecule has 3 rings (SSSR count). The zero-order valence-electron chi connectivity index (χ0n) is 14.6. The summed E-state index contributed by atoms with van der Waals surface area (Å²) in [4.78, 5) is 7.04. The van der Waals surface area contributed by atoms with Gasteiger partial charge in [0.25, 0.3) is 0 Å². The van der Waals surface area contributed by atoms with Crippen LogP contribution in [0, 0.1) is 0 Å². The minimum Gasteiger partial charge on any atom is -0.319 e. The first-order valence-corrected chi connectivity index (χ1v) is 8.99. The van der Waals surface area contributed by atoms with Gasteiger partial charge in [-0.25, -0.2) is 4.98 Å². The lowest BCUT2D eigenvalue weighted by Gasteiger charge is -2.11. The second-order valence-corrected chi connectivity index (χ2v) is 6.98. The van der Waals surface area contributed by atoms with E-state index >= 15 is 0 Å². The molecule has 0 spiro atoms. The van der Waals surface area contributed by atoms with E-state index in [1.807, 2.05) is 11.8 Å². The summed E-state index contributed by atoms with van der Waals surface area (Å²) < 4.78 is 2.36. The third kappa shape index (κ3) is 5.93. The summed E-state index contributed by atoms with van der Waals surface area (Å²) in [6.07, 6.45) is 1.03. The summed E-state index contributed by atoms with van der Waals surface area (Å²) in [7, 11) is 4.22. The standard InChI is InChI=1S/C19H23N3S.2ClH/c1-21(2)14-15-23-19-20-17-10-6-7-11-18(17)22(19)13-12-16-8-4-3-5-9-16;;/h3-11H,12-15H2,1-2H3;2*1H. The monoisotopic (exact) mass is 397 g/mol. The van der Waals surface area contributed by atoms with E-state index in [1.54, 1.807) is 0 Å². The molecule has 0 bridgehead atoms. The fourth-order valence-electron chi connectivity index (χ4n) is 2.58. The van der Waals surface area contributed by atoms with Crippen molar-refractivity contribution < 1.29 is 0 Å². The quantitative estimate of drug-likeness (QED) is 0.535. The molecule has 0 aliphatic carbocycles. The van der Waals surface area contributed by atoms with Gasteiger partial charge in [0.05, 0.1) is 11.0 Å². The summed E-state index contributed by atoms with van der Waals surface area (Å²) in [6, 6.07) is 19.1. The number of halogens is 2. The topological polar surface area (TPSA) is 21.1 Å². The highest BCUT2D eigenvalue weighted by atomic mass is 35.5. The highest BCUT2D eigenvalue weighted by Gasteiger charge is 2.11. The molecule has 6 heteroatoms. The number of hydrogen-bond donors (Lipinski definition) is 0. The molecule has 1 heterocycles. The number of para-hydroxylation sites is 2. The van der Waals surface area contributed by atoms with Gasteiger partial charge in [-0.15, -0.1) is 24.8 Å². The molecule has 0 amide bonds. The third-order valence-corrected chi connectivity index (χ3v) is 4.81. The van der Waals surface area contributed by atoms with Crippen LogP contribution >= 0.6 is 36.6 Å². The molecule has 0 saturated carbocycles. The first-order chi connectivity index (χ1) is 11.2. The zero-order chi connectivity index (χ0) is 16.1. The van der Waals surface area contributed by atoms with Crippen LogP contribution in [0.1, 0.15) is 5.56 Å². The average molecular weight is 398 g/mol. The molecule has 0 atom stereocenters. The van der Waals surface area contributed by atoms with Crippen LogP contribution in [0.25, 0.3) is 11.0 Å². The van der Waals surface area contributed by atoms with Crippen molar-refractivity contribution >= 4 is 47.6 Å². The number of rotatable bonds is 7. The minimum absolute atomic E-state index is 0. The largest absolute Gasteiger partial charge is 0.319 e. The van der Waals surface area contributed by atoms with Gasteiger partial charge in [-0.1, -0.05) is 54.2 Å². The predicted molar refractivity (Wildman–Crippen MR) is 114 cm³/mol. The predicted octanol–water partition coefficient (Wildman–Crippen LogP) is 4.78. The van der Waals surface area contributed by atoms with Crippen molar-refractivity contribution in [2.24, 2.45) is 0 Å². The fraction of sp³-hybridized carbons (Fsp3) is 0.316. The maximum absolute atomic E-state index is 4.83. The molecular weight excluding hydrogens is 373 g/mol. The van der Waals surface area contributed by atoms with Gasteiger partial charge >= 0.3 is 0 Å². The number of fused-ring (bicyclic) bond motifs is 1. The Morgan fingerprint density at radius 3 is 2.36 bits per heavy atom. The van der Waals surface area contributed by atoms with E-state index in [2.05, 4.69) is 78.2 Å². The lowest BCUT2D eigenvalue weighted by molar-refractivity contribution is 0.437. The Balaban J connectivity index is 0.00000156. The molecule has 3 aromatic rings. The lowest BCUT2D eigenvalue weighted by Crippen LogP contribution is -2.15. The molecule has 2 aromatic carbocycles. The maximum Gasteiger partial charge on any atom is 0.169 e. The van der Waals surface area contributed by atoms with Crippen molar-refractivity contribution in [2.75, 3.05) is 26.4 Å². The number of aromatic nitrogens is 2. The van der Waals surface area contributed by atoms with Gasteiger partial charge in [-0.3, -0.25) is 0 Å². The van der Waals surface area contributed by atoms with Crippen molar-refractivity contribution in [1.82, 2.24) is 14.5 Å². The molecular formula is C19H25Cl2N3S. The molecule has 25 heavy (non-hydrogen) atoms. The number of thioether (sulfide) groups is 1. The Kier molecular flexibility index (Phi) is 9.36. The molecule has 0 unspecified atom stereocenters. The molecule has 1 aromatic heterocycles. The van der Waals surface area contributed by atoms with Gasteiger partial charge in [0.1, 0.15) is 0 Å². The molecule has 0 N–H and O–H groups in total. The number of aryl methyl sites for hydroxylation is 2. The van der Waals surface area contributed by atoms with Crippen LogP contribution in [-0.2, 0) is 13.0 Å². The van der Waals surface area contributed by atoms with Crippen molar-refractivity contribution in [3.63, 3.8) is 0 Å². The van der Waals surface area contributed by atoms with Crippen molar-refractivity contribution in [2.45, 2.75) is 18.1 Å². The minimum atomic E-state index is 0. The first kappa shape index (κ1) is 21.8. The second kappa shape index (κ2) is 10.7. The third-order valence-electron chi connectivity index (χ3n) is 3.86. The Labute approximate surface area is 166 Å². The van der Waals surface area contributed by atoms with Crippen LogP contribution in [0.15, 0.2) is 59.8 Å². The van der Waals surface area contributed by atoms with Crippen molar-refractivity contribution in [3.8, 4) is 0 Å². The molecule has 0 aliphatic rings. The van der Waals surface area contributed by atoms with E-state index in [9.17, 15) is 0 Å². The lowest BCUT2D eigenvalue weighted by atomic mass is 10.1. The average Bonchev–Trinajstić information content (AvgIpc) is 2.91. The van der Waals surface area contributed by atoms with Crippen LogP contribution < -0.4 is 0 Å². The van der Waals surface area contributed by atoms with Gasteiger partial charge < -0.3 is 9.47 Å². The summed E-state index contributed by atoms with van der Waals surface area (Å²) >= 11 is 1.85. The summed E-state index contributed by atoms with van der Waals surface area (Å²) in [6.45, 7) is 2.03. The number of imidazole rings is 1. The second-order valence-electron chi connectivity index (χ2n) is 5.92. The molecule has 0 fully saturated rings. The molecule has 0 aliphatic heterocycles. The number of benzene rings is 2. The molecule has 0 radical (unpaired) electrons. The van der Waals surface area contributed by atoms with E-state index in [-0.39, 0.29) is 24.8 Å². The van der Waals surface area contributed by atoms with E-state index in [0.717, 1.165) is 35.9 Å². The zero-order valence-corrected chi connectivity index (χ0v) is 17.0. The summed E-state index contributed by atoms with van der Waals surface area (Å²) in [5.74, 6) is 1.06. The molecule has 136 valence electrons. The SMILES string of the molecule is CN(C)CCSc1nc2ccccc2n1CCc1ccccc1.Cl.Cl. The summed E-state index contributed by atoms with van der Waals surface area (Å²) in [5, 5.41) is 1.13. The van der Waals surface area contributed by atoms with Gasteiger partial charge in [-0.2, -0.15) is 0 Å². The van der Waals surface area contributed by atoms with E-state index < -0.39 is 0 Å². The van der Waals surface area contributed by atoms with Gasteiger partial charge in [0, 0.05) is 18.8 Å². The van der Waals surface area contributed by atoms with Crippen LogP contribution in [0.2, 0.25) is 0 Å². The van der Waals surface area contributed by atoms with E-state index in [1.165, 1.54) is 11.1 Å². The van der Waals surface area contributed by atoms with Gasteiger partial charge in [0.15, 0.2) is 5.16 Å². The Bertz CT molecular complexity index is 760. The van der Waals surface area contributed by atoms with Gasteiger partial charge in [0.2, 0.25) is 0 Å². The molecule has 3 nitrogen and oxygen atoms in total. The van der Waals surface area contributed by atoms with Crippen molar-refractivity contribution in [1.29, 1.82) is 0 Å². The highest BCUT2D eigenvalue weighted by Crippen LogP contribution is 2.24.